The maximum absolute atomic E-state index is 2.79. The Kier molecular flexibility index (Phi) is 12.7. The first-order valence-corrected chi connectivity index (χ1v) is 34.6. The zero-order valence-corrected chi connectivity index (χ0v) is 59.5. The molecule has 0 bridgehead atoms. The number of benzene rings is 7. The van der Waals surface area contributed by atoms with Crippen LogP contribution in [0.15, 0.2) is 109 Å². The molecule has 2 aliphatic heterocycles. The van der Waals surface area contributed by atoms with Gasteiger partial charge >= 0.3 is 0 Å². The molecular formula is C85H106BN3. The monoisotopic (exact) mass is 1180 g/mol. The van der Waals surface area contributed by atoms with Crippen molar-refractivity contribution >= 4 is 74.3 Å². The lowest BCUT2D eigenvalue weighted by Gasteiger charge is -2.47. The Hall–Kier alpha value is -6.00. The van der Waals surface area contributed by atoms with Crippen molar-refractivity contribution in [2.75, 3.05) is 14.7 Å². The molecular weight excluding hydrogens is 1070 g/mol. The number of nitrogens with zero attached hydrogens (tertiary/aromatic N) is 3. The first kappa shape index (κ1) is 60.6. The number of hydrogen-bond donors (Lipinski definition) is 0. The van der Waals surface area contributed by atoms with Gasteiger partial charge < -0.3 is 14.7 Å². The second-order valence-corrected chi connectivity index (χ2v) is 37.4. The van der Waals surface area contributed by atoms with Crippen molar-refractivity contribution < 1.29 is 0 Å². The third-order valence-electron chi connectivity index (χ3n) is 24.9. The van der Waals surface area contributed by atoms with E-state index in [2.05, 4.69) is 290 Å². The standard InChI is InChI=1S/C85H106BN3/c1-51-39-52(75(2,3)4)25-32-69(51)89-71-48-66-64(83(19,20)50-85(66,23)24)46-68(71)86-67-45-63-65(84(21,22)49-82(63,17)18)47-70(67)88(55-28-31-59-62(42-55)81(15,16)38-35-78(59,9)10)72-43-56(44-73(89)74(72)86)87(53-26-29-57-60(40-53)79(11,12)36-33-76(57,5)6)54-27-30-58-61(41-54)80(13,14)37-34-77(58,7)8/h25-32,39-48H,33-38,49-50H2,1-24H3. The van der Waals surface area contributed by atoms with Crippen molar-refractivity contribution in [1.82, 2.24) is 0 Å². The number of anilines is 9. The molecule has 0 fully saturated rings. The van der Waals surface area contributed by atoms with E-state index < -0.39 is 0 Å². The first-order chi connectivity index (χ1) is 41.1. The van der Waals surface area contributed by atoms with Crippen molar-refractivity contribution in [1.29, 1.82) is 0 Å². The quantitative estimate of drug-likeness (QED) is 0.159. The number of aryl methyl sites for hydroxylation is 1. The van der Waals surface area contributed by atoms with E-state index in [4.69, 9.17) is 0 Å². The molecule has 464 valence electrons. The molecule has 0 radical (unpaired) electrons. The Morgan fingerprint density at radius 3 is 1.10 bits per heavy atom. The second kappa shape index (κ2) is 18.6. The van der Waals surface area contributed by atoms with Gasteiger partial charge in [-0.15, -0.1) is 0 Å². The first-order valence-electron chi connectivity index (χ1n) is 34.6. The van der Waals surface area contributed by atoms with Gasteiger partial charge in [0.05, 0.1) is 5.69 Å². The second-order valence-electron chi connectivity index (χ2n) is 37.4. The SMILES string of the molecule is Cc1cc(C(C)(C)C)ccc1N1c2cc3c(cc2B2c4cc5c(cc4N(c4ccc6c(c4)C(C)(C)CCC6(C)C)c4cc(N(c6ccc7c(c6)C(C)(C)CCC7(C)C)c6ccc7c(c6)C(C)(C)CCC7(C)C)cc1c42)C(C)(C)CC5(C)C)C(C)(C)CC3(C)C. The lowest BCUT2D eigenvalue weighted by atomic mass is 9.33. The summed E-state index contributed by atoms with van der Waals surface area (Å²) in [4.78, 5) is 8.27. The molecule has 7 aromatic carbocycles. The van der Waals surface area contributed by atoms with Crippen molar-refractivity contribution in [3.05, 3.63) is 176 Å². The lowest BCUT2D eigenvalue weighted by Crippen LogP contribution is -2.62. The van der Waals surface area contributed by atoms with Crippen LogP contribution in [0.4, 0.5) is 51.2 Å². The van der Waals surface area contributed by atoms with E-state index in [9.17, 15) is 0 Å². The van der Waals surface area contributed by atoms with Gasteiger partial charge in [0, 0.05) is 45.5 Å². The fourth-order valence-electron chi connectivity index (χ4n) is 19.5. The number of hydrogen-bond acceptors (Lipinski definition) is 3. The van der Waals surface area contributed by atoms with Gasteiger partial charge in [-0.1, -0.05) is 202 Å². The summed E-state index contributed by atoms with van der Waals surface area (Å²) in [6, 6.07) is 46.7. The summed E-state index contributed by atoms with van der Waals surface area (Å²) >= 11 is 0. The van der Waals surface area contributed by atoms with Crippen LogP contribution in [0.25, 0.3) is 0 Å². The van der Waals surface area contributed by atoms with E-state index in [1.165, 1.54) is 154 Å². The fraction of sp³-hybridized carbons (Fsp3) is 0.506. The highest BCUT2D eigenvalue weighted by atomic mass is 15.2. The summed E-state index contributed by atoms with van der Waals surface area (Å²) in [5.74, 6) is 0. The van der Waals surface area contributed by atoms with Crippen LogP contribution >= 0.6 is 0 Å². The van der Waals surface area contributed by atoms with E-state index in [0.717, 1.165) is 32.1 Å². The van der Waals surface area contributed by atoms with Crippen LogP contribution in [0.1, 0.15) is 277 Å². The van der Waals surface area contributed by atoms with Crippen molar-refractivity contribution in [3.63, 3.8) is 0 Å². The van der Waals surface area contributed by atoms with E-state index in [1.807, 2.05) is 0 Å². The molecule has 7 aromatic rings. The van der Waals surface area contributed by atoms with Crippen molar-refractivity contribution in [3.8, 4) is 0 Å². The highest BCUT2D eigenvalue weighted by Gasteiger charge is 2.52. The van der Waals surface area contributed by atoms with Gasteiger partial charge in [-0.3, -0.25) is 0 Å². The zero-order valence-electron chi connectivity index (χ0n) is 59.5. The average molecular weight is 1180 g/mol. The molecule has 0 saturated heterocycles. The molecule has 7 aliphatic rings. The highest BCUT2D eigenvalue weighted by molar-refractivity contribution is 7.00. The Labute approximate surface area is 539 Å². The summed E-state index contributed by atoms with van der Waals surface area (Å²) in [7, 11) is 0. The molecule has 5 aliphatic carbocycles. The van der Waals surface area contributed by atoms with Crippen LogP contribution in [0.5, 0.6) is 0 Å². The van der Waals surface area contributed by atoms with Crippen LogP contribution in [-0.2, 0) is 59.6 Å². The van der Waals surface area contributed by atoms with Crippen molar-refractivity contribution in [2.45, 2.75) is 277 Å². The molecule has 89 heavy (non-hydrogen) atoms. The number of fused-ring (bicyclic) bond motifs is 9. The normalized spacial score (nSPS) is 22.2. The molecule has 2 heterocycles. The Morgan fingerprint density at radius 1 is 0.326 bits per heavy atom. The molecule has 0 spiro atoms. The molecule has 0 atom stereocenters. The minimum atomic E-state index is -0.0321. The molecule has 14 rings (SSSR count). The topological polar surface area (TPSA) is 9.72 Å². The van der Waals surface area contributed by atoms with Gasteiger partial charge in [-0.2, -0.15) is 0 Å². The third-order valence-corrected chi connectivity index (χ3v) is 24.9. The molecule has 0 amide bonds. The van der Waals surface area contributed by atoms with Gasteiger partial charge in [0.1, 0.15) is 0 Å². The van der Waals surface area contributed by atoms with Crippen LogP contribution in [0, 0.1) is 6.92 Å². The lowest BCUT2D eigenvalue weighted by molar-refractivity contribution is 0.332. The summed E-state index contributed by atoms with van der Waals surface area (Å²) in [5.41, 5.74) is 33.5. The minimum absolute atomic E-state index is 0.00426. The van der Waals surface area contributed by atoms with E-state index in [0.29, 0.717) is 0 Å². The smallest absolute Gasteiger partial charge is 0.252 e. The van der Waals surface area contributed by atoms with Gasteiger partial charge in [-0.05, 0) is 268 Å². The minimum Gasteiger partial charge on any atom is -0.311 e. The largest absolute Gasteiger partial charge is 0.311 e. The Bertz CT molecular complexity index is 4100. The highest BCUT2D eigenvalue weighted by Crippen LogP contribution is 2.59. The summed E-state index contributed by atoms with van der Waals surface area (Å²) < 4.78 is 0. The molecule has 0 N–H and O–H groups in total. The van der Waals surface area contributed by atoms with Gasteiger partial charge in [0.15, 0.2) is 0 Å². The Balaban J connectivity index is 1.16. The number of rotatable bonds is 5. The molecule has 0 saturated carbocycles. The van der Waals surface area contributed by atoms with Crippen LogP contribution in [0.3, 0.4) is 0 Å². The predicted octanol–water partition coefficient (Wildman–Crippen LogP) is 21.8. The van der Waals surface area contributed by atoms with E-state index in [1.54, 1.807) is 0 Å². The van der Waals surface area contributed by atoms with Crippen LogP contribution in [-0.4, -0.2) is 6.71 Å². The van der Waals surface area contributed by atoms with Crippen LogP contribution < -0.4 is 31.1 Å². The van der Waals surface area contributed by atoms with E-state index in [-0.39, 0.29) is 66.3 Å². The Morgan fingerprint density at radius 2 is 0.685 bits per heavy atom. The van der Waals surface area contributed by atoms with Gasteiger partial charge in [0.25, 0.3) is 6.71 Å². The maximum Gasteiger partial charge on any atom is 0.252 e. The molecule has 3 nitrogen and oxygen atoms in total. The summed E-state index contributed by atoms with van der Waals surface area (Å²) in [6.07, 6.45) is 9.23. The third kappa shape index (κ3) is 9.04. The predicted molar refractivity (Wildman–Crippen MR) is 386 cm³/mol. The van der Waals surface area contributed by atoms with Crippen molar-refractivity contribution in [2.24, 2.45) is 0 Å². The fourth-order valence-corrected chi connectivity index (χ4v) is 19.5. The molecule has 0 unspecified atom stereocenters. The van der Waals surface area contributed by atoms with Gasteiger partial charge in [0.2, 0.25) is 0 Å². The average Bonchev–Trinajstić information content (AvgIpc) is 1.62. The summed E-state index contributed by atoms with van der Waals surface area (Å²) in [6.45, 7) is 59.4. The molecule has 0 aromatic heterocycles. The maximum atomic E-state index is 2.79. The van der Waals surface area contributed by atoms with Gasteiger partial charge in [-0.25, -0.2) is 0 Å². The van der Waals surface area contributed by atoms with E-state index >= 15 is 0 Å². The van der Waals surface area contributed by atoms with Crippen LogP contribution in [0.2, 0.25) is 0 Å². The molecule has 4 heteroatoms. The zero-order chi connectivity index (χ0) is 64.1. The summed E-state index contributed by atoms with van der Waals surface area (Å²) in [5, 5.41) is 0.